The number of benzene rings is 1. The van der Waals surface area contributed by atoms with Gasteiger partial charge < -0.3 is 4.74 Å². The van der Waals surface area contributed by atoms with Crippen LogP contribution in [0.25, 0.3) is 0 Å². The molecule has 0 aromatic heterocycles. The topological polar surface area (TPSA) is 55.4 Å². The smallest absolute Gasteiger partial charge is 0.232 e. The molecular formula is C12H19NO3S. The molecule has 0 spiro atoms. The number of sulfonamides is 1. The molecule has 1 N–H and O–H groups in total. The Labute approximate surface area is 103 Å². The minimum absolute atomic E-state index is 0.00632. The van der Waals surface area contributed by atoms with E-state index in [4.69, 9.17) is 4.74 Å². The lowest BCUT2D eigenvalue weighted by Gasteiger charge is -2.15. The summed E-state index contributed by atoms with van der Waals surface area (Å²) < 4.78 is 31.4. The summed E-state index contributed by atoms with van der Waals surface area (Å²) >= 11 is 0. The van der Waals surface area contributed by atoms with E-state index in [0.29, 0.717) is 17.9 Å². The van der Waals surface area contributed by atoms with Crippen LogP contribution in [0.4, 0.5) is 5.69 Å². The van der Waals surface area contributed by atoms with E-state index in [1.807, 2.05) is 26.8 Å². The standard InChI is InChI=1S/C12H19NO3S/c1-4-9-17(14,15)13-11-7-5-6-8-12(11)16-10(2)3/h5-8,10,13H,4,9H2,1-3H3. The van der Waals surface area contributed by atoms with Gasteiger partial charge in [-0.05, 0) is 32.4 Å². The quantitative estimate of drug-likeness (QED) is 0.852. The lowest BCUT2D eigenvalue weighted by Crippen LogP contribution is -2.17. The zero-order valence-electron chi connectivity index (χ0n) is 10.4. The molecule has 1 aromatic carbocycles. The van der Waals surface area contributed by atoms with Gasteiger partial charge >= 0.3 is 0 Å². The number of hydrogen-bond donors (Lipinski definition) is 1. The predicted octanol–water partition coefficient (Wildman–Crippen LogP) is 2.63. The van der Waals surface area contributed by atoms with Crippen molar-refractivity contribution in [1.29, 1.82) is 0 Å². The number of ether oxygens (including phenoxy) is 1. The Bertz CT molecular complexity index is 455. The van der Waals surface area contributed by atoms with Gasteiger partial charge in [-0.2, -0.15) is 0 Å². The van der Waals surface area contributed by atoms with Crippen molar-refractivity contribution in [2.75, 3.05) is 10.5 Å². The Morgan fingerprint density at radius 3 is 2.53 bits per heavy atom. The third-order valence-corrected chi connectivity index (χ3v) is 3.46. The molecule has 0 radical (unpaired) electrons. The van der Waals surface area contributed by atoms with Gasteiger partial charge in [-0.1, -0.05) is 19.1 Å². The van der Waals surface area contributed by atoms with E-state index in [9.17, 15) is 8.42 Å². The highest BCUT2D eigenvalue weighted by atomic mass is 32.2. The minimum Gasteiger partial charge on any atom is -0.489 e. The summed E-state index contributed by atoms with van der Waals surface area (Å²) in [5.41, 5.74) is 0.495. The first kappa shape index (κ1) is 13.8. The molecule has 96 valence electrons. The summed E-state index contributed by atoms with van der Waals surface area (Å²) in [4.78, 5) is 0. The number of para-hydroxylation sites is 2. The Balaban J connectivity index is 2.90. The van der Waals surface area contributed by atoms with Crippen molar-refractivity contribution in [3.8, 4) is 5.75 Å². The maximum Gasteiger partial charge on any atom is 0.232 e. The van der Waals surface area contributed by atoms with E-state index in [1.165, 1.54) is 0 Å². The fourth-order valence-corrected chi connectivity index (χ4v) is 2.54. The molecule has 0 saturated carbocycles. The summed E-state index contributed by atoms with van der Waals surface area (Å²) in [6.45, 7) is 5.63. The summed E-state index contributed by atoms with van der Waals surface area (Å²) in [6.07, 6.45) is 0.592. The number of anilines is 1. The highest BCUT2D eigenvalue weighted by Gasteiger charge is 2.12. The van der Waals surface area contributed by atoms with Crippen molar-refractivity contribution >= 4 is 15.7 Å². The Kier molecular flexibility index (Phi) is 4.81. The molecule has 4 nitrogen and oxygen atoms in total. The molecule has 0 heterocycles. The summed E-state index contributed by atoms with van der Waals surface area (Å²) in [7, 11) is -3.27. The molecule has 0 unspecified atom stereocenters. The van der Waals surface area contributed by atoms with Crippen LogP contribution in [-0.2, 0) is 10.0 Å². The van der Waals surface area contributed by atoms with Gasteiger partial charge in [0.15, 0.2) is 0 Å². The van der Waals surface area contributed by atoms with Gasteiger partial charge in [0.2, 0.25) is 10.0 Å². The molecule has 0 atom stereocenters. The van der Waals surface area contributed by atoms with Crippen LogP contribution in [0, 0.1) is 0 Å². The average Bonchev–Trinajstić information content (AvgIpc) is 2.19. The molecular weight excluding hydrogens is 238 g/mol. The van der Waals surface area contributed by atoms with Gasteiger partial charge in [0.25, 0.3) is 0 Å². The monoisotopic (exact) mass is 257 g/mol. The van der Waals surface area contributed by atoms with Gasteiger partial charge in [0, 0.05) is 0 Å². The van der Waals surface area contributed by atoms with Crippen LogP contribution in [-0.4, -0.2) is 20.3 Å². The van der Waals surface area contributed by atoms with Crippen molar-refractivity contribution in [2.45, 2.75) is 33.3 Å². The van der Waals surface area contributed by atoms with Crippen molar-refractivity contribution < 1.29 is 13.2 Å². The van der Waals surface area contributed by atoms with Crippen molar-refractivity contribution in [3.05, 3.63) is 24.3 Å². The van der Waals surface area contributed by atoms with E-state index >= 15 is 0 Å². The van der Waals surface area contributed by atoms with Gasteiger partial charge in [-0.15, -0.1) is 0 Å². The molecule has 0 saturated heterocycles. The summed E-state index contributed by atoms with van der Waals surface area (Å²) in [5, 5.41) is 0. The molecule has 0 fully saturated rings. The van der Waals surface area contributed by atoms with Crippen LogP contribution in [0.5, 0.6) is 5.75 Å². The highest BCUT2D eigenvalue weighted by molar-refractivity contribution is 7.92. The van der Waals surface area contributed by atoms with Gasteiger partial charge in [-0.25, -0.2) is 8.42 Å². The second-order valence-electron chi connectivity index (χ2n) is 4.08. The molecule has 0 aliphatic rings. The van der Waals surface area contributed by atoms with E-state index < -0.39 is 10.0 Å². The Hall–Kier alpha value is -1.23. The van der Waals surface area contributed by atoms with E-state index in [2.05, 4.69) is 4.72 Å². The molecule has 1 aromatic rings. The number of nitrogens with one attached hydrogen (secondary N) is 1. The van der Waals surface area contributed by atoms with Gasteiger partial charge in [0.1, 0.15) is 5.75 Å². The second kappa shape index (κ2) is 5.91. The first-order valence-electron chi connectivity index (χ1n) is 5.71. The second-order valence-corrected chi connectivity index (χ2v) is 5.93. The highest BCUT2D eigenvalue weighted by Crippen LogP contribution is 2.25. The zero-order chi connectivity index (χ0) is 12.9. The maximum absolute atomic E-state index is 11.7. The van der Waals surface area contributed by atoms with Crippen LogP contribution in [0.3, 0.4) is 0 Å². The zero-order valence-corrected chi connectivity index (χ0v) is 11.3. The van der Waals surface area contributed by atoms with Crippen LogP contribution < -0.4 is 9.46 Å². The minimum atomic E-state index is -3.27. The first-order chi connectivity index (χ1) is 7.94. The molecule has 0 aliphatic heterocycles. The molecule has 17 heavy (non-hydrogen) atoms. The third kappa shape index (κ3) is 4.65. The number of rotatable bonds is 6. The lowest BCUT2D eigenvalue weighted by molar-refractivity contribution is 0.244. The molecule has 0 amide bonds. The van der Waals surface area contributed by atoms with E-state index in [1.54, 1.807) is 18.2 Å². The van der Waals surface area contributed by atoms with Crippen LogP contribution in [0.1, 0.15) is 27.2 Å². The number of hydrogen-bond acceptors (Lipinski definition) is 3. The maximum atomic E-state index is 11.7. The van der Waals surface area contributed by atoms with Crippen LogP contribution in [0.15, 0.2) is 24.3 Å². The molecule has 0 aliphatic carbocycles. The molecule has 1 rings (SSSR count). The Morgan fingerprint density at radius 1 is 1.29 bits per heavy atom. The Morgan fingerprint density at radius 2 is 1.94 bits per heavy atom. The SMILES string of the molecule is CCCS(=O)(=O)Nc1ccccc1OC(C)C. The average molecular weight is 257 g/mol. The van der Waals surface area contributed by atoms with E-state index in [0.717, 1.165) is 0 Å². The fraction of sp³-hybridized carbons (Fsp3) is 0.500. The summed E-state index contributed by atoms with van der Waals surface area (Å²) in [5.74, 6) is 0.672. The van der Waals surface area contributed by atoms with Gasteiger partial charge in [0.05, 0.1) is 17.5 Å². The third-order valence-electron chi connectivity index (χ3n) is 1.99. The molecule has 0 bridgehead atoms. The summed E-state index contributed by atoms with van der Waals surface area (Å²) in [6, 6.07) is 7.04. The fourth-order valence-electron chi connectivity index (χ4n) is 1.39. The van der Waals surface area contributed by atoms with Crippen LogP contribution >= 0.6 is 0 Å². The lowest BCUT2D eigenvalue weighted by atomic mass is 10.3. The molecule has 5 heteroatoms. The first-order valence-corrected chi connectivity index (χ1v) is 7.36. The van der Waals surface area contributed by atoms with Crippen LogP contribution in [0.2, 0.25) is 0 Å². The van der Waals surface area contributed by atoms with Crippen molar-refractivity contribution in [2.24, 2.45) is 0 Å². The van der Waals surface area contributed by atoms with E-state index in [-0.39, 0.29) is 11.9 Å². The van der Waals surface area contributed by atoms with Gasteiger partial charge in [-0.3, -0.25) is 4.72 Å². The predicted molar refractivity (Wildman–Crippen MR) is 69.9 cm³/mol. The van der Waals surface area contributed by atoms with Crippen molar-refractivity contribution in [1.82, 2.24) is 0 Å². The van der Waals surface area contributed by atoms with Crippen molar-refractivity contribution in [3.63, 3.8) is 0 Å². The largest absolute Gasteiger partial charge is 0.489 e. The normalized spacial score (nSPS) is 11.5.